The highest BCUT2D eigenvalue weighted by Crippen LogP contribution is 2.31. The van der Waals surface area contributed by atoms with Crippen LogP contribution in [-0.4, -0.2) is 70.0 Å². The molecule has 0 spiro atoms. The second-order valence-corrected chi connectivity index (χ2v) is 9.26. The molecule has 4 amide bonds. The fraction of sp³-hybridized carbons (Fsp3) is 0.423. The van der Waals surface area contributed by atoms with Crippen molar-refractivity contribution in [1.29, 1.82) is 0 Å². The summed E-state index contributed by atoms with van der Waals surface area (Å²) in [6.07, 6.45) is 0.0912. The first-order valence-corrected chi connectivity index (χ1v) is 12.0. The third-order valence-electron chi connectivity index (χ3n) is 6.84. The molecule has 0 aromatic heterocycles. The van der Waals surface area contributed by atoms with Crippen molar-refractivity contribution in [2.24, 2.45) is 5.92 Å². The Morgan fingerprint density at radius 3 is 2.43 bits per heavy atom. The number of carbonyl (C=O) groups excluding carboxylic acids is 3. The molecule has 2 saturated heterocycles. The minimum Gasteiger partial charge on any atom is -0.333 e. The highest BCUT2D eigenvalue weighted by Gasteiger charge is 2.51. The number of benzene rings is 2. The highest BCUT2D eigenvalue weighted by molar-refractivity contribution is 5.91. The van der Waals surface area contributed by atoms with E-state index in [1.165, 1.54) is 17.1 Å². The van der Waals surface area contributed by atoms with E-state index in [0.717, 1.165) is 17.5 Å². The van der Waals surface area contributed by atoms with E-state index in [9.17, 15) is 18.8 Å². The second kappa shape index (κ2) is 10.4. The van der Waals surface area contributed by atoms with Crippen LogP contribution in [0.25, 0.3) is 0 Å². The lowest BCUT2D eigenvalue weighted by Gasteiger charge is -2.55. The number of amides is 4. The van der Waals surface area contributed by atoms with Gasteiger partial charge in [-0.1, -0.05) is 62.7 Å². The van der Waals surface area contributed by atoms with Crippen LogP contribution in [0.2, 0.25) is 0 Å². The van der Waals surface area contributed by atoms with Gasteiger partial charge in [-0.3, -0.25) is 9.59 Å². The number of hydrogen-bond acceptors (Lipinski definition) is 4. The minimum absolute atomic E-state index is 0.000627. The lowest BCUT2D eigenvalue weighted by atomic mass is 9.92. The zero-order valence-electron chi connectivity index (χ0n) is 20.4. The van der Waals surface area contributed by atoms with E-state index in [1.807, 2.05) is 44.2 Å². The summed E-state index contributed by atoms with van der Waals surface area (Å²) in [4.78, 5) is 43.5. The molecule has 0 bridgehead atoms. The molecule has 0 saturated carbocycles. The number of fused-ring (bicyclic) bond motifs is 1. The molecule has 8 nitrogen and oxygen atoms in total. The molecule has 1 unspecified atom stereocenters. The van der Waals surface area contributed by atoms with Crippen molar-refractivity contribution in [1.82, 2.24) is 25.1 Å². The van der Waals surface area contributed by atoms with E-state index in [1.54, 1.807) is 34.0 Å². The van der Waals surface area contributed by atoms with Gasteiger partial charge in [0.15, 0.2) is 0 Å². The summed E-state index contributed by atoms with van der Waals surface area (Å²) in [5.41, 5.74) is 1.74. The van der Waals surface area contributed by atoms with Crippen molar-refractivity contribution >= 4 is 17.8 Å². The van der Waals surface area contributed by atoms with Gasteiger partial charge >= 0.3 is 6.03 Å². The Hall–Kier alpha value is -3.46. The zero-order valence-corrected chi connectivity index (χ0v) is 20.4. The first kappa shape index (κ1) is 24.7. The lowest BCUT2D eigenvalue weighted by Crippen LogP contribution is -2.76. The van der Waals surface area contributed by atoms with E-state index in [4.69, 9.17) is 0 Å². The Morgan fingerprint density at radius 2 is 1.77 bits per heavy atom. The third-order valence-corrected chi connectivity index (χ3v) is 6.84. The molecule has 1 N–H and O–H groups in total. The van der Waals surface area contributed by atoms with Crippen molar-refractivity contribution in [3.8, 4) is 0 Å². The maximum Gasteiger partial charge on any atom is 0.334 e. The molecule has 2 aromatic carbocycles. The number of hydrogen-bond donors (Lipinski definition) is 1. The van der Waals surface area contributed by atoms with Crippen LogP contribution in [-0.2, 0) is 22.7 Å². The van der Waals surface area contributed by atoms with E-state index in [0.29, 0.717) is 6.54 Å². The molecule has 0 radical (unpaired) electrons. The van der Waals surface area contributed by atoms with Crippen molar-refractivity contribution in [3.05, 3.63) is 71.5 Å². The van der Waals surface area contributed by atoms with Gasteiger partial charge in [0, 0.05) is 20.1 Å². The predicted octanol–water partition coefficient (Wildman–Crippen LogP) is 2.81. The summed E-state index contributed by atoms with van der Waals surface area (Å²) in [6, 6.07) is 14.6. The van der Waals surface area contributed by atoms with E-state index in [2.05, 4.69) is 5.32 Å². The zero-order chi connectivity index (χ0) is 25.1. The summed E-state index contributed by atoms with van der Waals surface area (Å²) in [6.45, 7) is 4.79. The van der Waals surface area contributed by atoms with Gasteiger partial charge in [-0.2, -0.15) is 0 Å². The van der Waals surface area contributed by atoms with Crippen molar-refractivity contribution in [3.63, 3.8) is 0 Å². The topological polar surface area (TPSA) is 76.2 Å². The lowest BCUT2D eigenvalue weighted by molar-refractivity contribution is -0.190. The molecule has 2 aliphatic rings. The van der Waals surface area contributed by atoms with Crippen LogP contribution in [0.5, 0.6) is 0 Å². The summed E-state index contributed by atoms with van der Waals surface area (Å²) in [7, 11) is 1.70. The molecule has 4 rings (SSSR count). The number of nitrogens with one attached hydrogen (secondary N) is 1. The number of rotatable bonds is 6. The monoisotopic (exact) mass is 481 g/mol. The van der Waals surface area contributed by atoms with Gasteiger partial charge in [0.2, 0.25) is 11.8 Å². The average molecular weight is 482 g/mol. The summed E-state index contributed by atoms with van der Waals surface area (Å²) in [5, 5.41) is 6.02. The first-order valence-electron chi connectivity index (χ1n) is 12.0. The number of nitrogens with zero attached hydrogens (tertiary/aromatic N) is 4. The van der Waals surface area contributed by atoms with Gasteiger partial charge in [-0.05, 0) is 29.2 Å². The van der Waals surface area contributed by atoms with Gasteiger partial charge in [-0.25, -0.2) is 19.2 Å². The van der Waals surface area contributed by atoms with Crippen LogP contribution in [0.3, 0.4) is 0 Å². The van der Waals surface area contributed by atoms with Crippen LogP contribution >= 0.6 is 0 Å². The van der Waals surface area contributed by atoms with Crippen LogP contribution in [0.4, 0.5) is 9.18 Å². The number of urea groups is 1. The standard InChI is InChI=1S/C26H32FN5O3/c1-4-18(2)24-25(34)30(15-20-8-6-5-7-9-20)16-22-31(24)23(33)17-29(3)32(22)26(35)28-14-19-10-12-21(27)13-11-19/h5-13,18,22,24H,4,14-17H2,1-3H3,(H,28,35)/t18?,22-,24-/m0/s1. The molecule has 2 aliphatic heterocycles. The highest BCUT2D eigenvalue weighted by atomic mass is 19.1. The number of piperazine rings is 1. The Kier molecular flexibility index (Phi) is 7.35. The molecule has 9 heteroatoms. The van der Waals surface area contributed by atoms with Gasteiger partial charge < -0.3 is 15.1 Å². The Balaban J connectivity index is 1.61. The molecule has 2 heterocycles. The number of likely N-dealkylation sites (N-methyl/N-ethyl adjacent to an activating group) is 1. The van der Waals surface area contributed by atoms with Crippen molar-refractivity contribution < 1.29 is 18.8 Å². The number of carbonyl (C=O) groups is 3. The van der Waals surface area contributed by atoms with Crippen LogP contribution < -0.4 is 5.32 Å². The fourth-order valence-electron chi connectivity index (χ4n) is 4.80. The molecule has 2 aromatic rings. The number of hydrazine groups is 1. The molecular formula is C26H32FN5O3. The van der Waals surface area contributed by atoms with Crippen molar-refractivity contribution in [2.75, 3.05) is 20.1 Å². The maximum absolute atomic E-state index is 13.6. The normalized spacial score (nSPS) is 21.7. The van der Waals surface area contributed by atoms with Gasteiger partial charge in [-0.15, -0.1) is 0 Å². The summed E-state index contributed by atoms with van der Waals surface area (Å²) in [5.74, 6) is -0.673. The Morgan fingerprint density at radius 1 is 1.09 bits per heavy atom. The van der Waals surface area contributed by atoms with Crippen LogP contribution in [0, 0.1) is 11.7 Å². The maximum atomic E-state index is 13.6. The smallest absolute Gasteiger partial charge is 0.333 e. The van der Waals surface area contributed by atoms with Gasteiger partial charge in [0.1, 0.15) is 18.0 Å². The molecular weight excluding hydrogens is 449 g/mol. The van der Waals surface area contributed by atoms with E-state index < -0.39 is 12.2 Å². The predicted molar refractivity (Wildman–Crippen MR) is 129 cm³/mol. The molecule has 186 valence electrons. The molecule has 0 aliphatic carbocycles. The molecule has 35 heavy (non-hydrogen) atoms. The largest absolute Gasteiger partial charge is 0.334 e. The van der Waals surface area contributed by atoms with E-state index >= 15 is 0 Å². The Labute approximate surface area is 205 Å². The van der Waals surface area contributed by atoms with Gasteiger partial charge in [0.25, 0.3) is 0 Å². The summed E-state index contributed by atoms with van der Waals surface area (Å²) >= 11 is 0. The molecule has 3 atom stereocenters. The van der Waals surface area contributed by atoms with Gasteiger partial charge in [0.05, 0.1) is 13.1 Å². The first-order chi connectivity index (χ1) is 16.8. The fourth-order valence-corrected chi connectivity index (χ4v) is 4.80. The van der Waals surface area contributed by atoms with Crippen LogP contribution in [0.15, 0.2) is 54.6 Å². The number of halogens is 1. The second-order valence-electron chi connectivity index (χ2n) is 9.26. The SMILES string of the molecule is CCC(C)[C@H]1C(=O)N(Cc2ccccc2)C[C@H]2N1C(=O)CN(C)N2C(=O)NCc1ccc(F)cc1. The van der Waals surface area contributed by atoms with E-state index in [-0.39, 0.29) is 49.2 Å². The minimum atomic E-state index is -0.643. The Bertz CT molecular complexity index is 1060. The quantitative estimate of drug-likeness (QED) is 0.689. The summed E-state index contributed by atoms with van der Waals surface area (Å²) < 4.78 is 13.2. The third kappa shape index (κ3) is 5.14. The average Bonchev–Trinajstić information content (AvgIpc) is 2.84. The van der Waals surface area contributed by atoms with Crippen molar-refractivity contribution in [2.45, 2.75) is 45.6 Å². The molecule has 2 fully saturated rings. The van der Waals surface area contributed by atoms with Crippen LogP contribution in [0.1, 0.15) is 31.4 Å².